The largest absolute Gasteiger partial charge is 0.481 e. The first-order valence-electron chi connectivity index (χ1n) is 3.93. The van der Waals surface area contributed by atoms with Gasteiger partial charge in [-0.2, -0.15) is 0 Å². The lowest BCUT2D eigenvalue weighted by Gasteiger charge is -2.20. The van der Waals surface area contributed by atoms with Crippen LogP contribution in [0.15, 0.2) is 24.1 Å². The third-order valence-electron chi connectivity index (χ3n) is 2.11. The van der Waals surface area contributed by atoms with E-state index in [-0.39, 0.29) is 0 Å². The third kappa shape index (κ3) is 1.80. The van der Waals surface area contributed by atoms with Crippen molar-refractivity contribution in [1.82, 2.24) is 0 Å². The van der Waals surface area contributed by atoms with Gasteiger partial charge in [-0.3, -0.25) is 4.79 Å². The fraction of sp³-hybridized carbons (Fsp3) is 0.300. The summed E-state index contributed by atoms with van der Waals surface area (Å²) in [7, 11) is 0. The number of aliphatic carboxylic acids is 1. The second kappa shape index (κ2) is 3.34. The predicted octanol–water partition coefficient (Wildman–Crippen LogP) is 2.87. The molecule has 0 radical (unpaired) electrons. The maximum atomic E-state index is 10.9. The lowest BCUT2D eigenvalue weighted by molar-refractivity contribution is -0.143. The van der Waals surface area contributed by atoms with Gasteiger partial charge in [-0.1, -0.05) is 12.6 Å². The van der Waals surface area contributed by atoms with Gasteiger partial charge >= 0.3 is 5.97 Å². The highest BCUT2D eigenvalue weighted by atomic mass is 32.1. The minimum absolute atomic E-state index is 0.662. The van der Waals surface area contributed by atoms with Crippen molar-refractivity contribution in [2.45, 2.75) is 13.8 Å². The van der Waals surface area contributed by atoms with Crippen molar-refractivity contribution in [2.24, 2.45) is 5.41 Å². The smallest absolute Gasteiger partial charge is 0.313 e. The molecule has 1 heterocycles. The summed E-state index contributed by atoms with van der Waals surface area (Å²) in [6, 6.07) is 3.78. The van der Waals surface area contributed by atoms with E-state index in [1.54, 1.807) is 13.8 Å². The van der Waals surface area contributed by atoms with Crippen LogP contribution in [0.5, 0.6) is 0 Å². The van der Waals surface area contributed by atoms with E-state index < -0.39 is 11.4 Å². The molecule has 1 aromatic heterocycles. The summed E-state index contributed by atoms with van der Waals surface area (Å²) >= 11 is 1.51. The van der Waals surface area contributed by atoms with E-state index in [2.05, 4.69) is 6.58 Å². The summed E-state index contributed by atoms with van der Waals surface area (Å²) < 4.78 is 0. The molecule has 0 saturated carbocycles. The van der Waals surface area contributed by atoms with Crippen LogP contribution in [0.2, 0.25) is 0 Å². The van der Waals surface area contributed by atoms with Gasteiger partial charge in [0.1, 0.15) is 0 Å². The molecule has 3 heteroatoms. The molecule has 0 aromatic carbocycles. The molecular formula is C10H12O2S. The van der Waals surface area contributed by atoms with Gasteiger partial charge in [-0.15, -0.1) is 11.3 Å². The first-order valence-corrected chi connectivity index (χ1v) is 4.81. The van der Waals surface area contributed by atoms with Crippen LogP contribution >= 0.6 is 11.3 Å². The molecule has 0 spiro atoms. The van der Waals surface area contributed by atoms with Crippen molar-refractivity contribution >= 4 is 22.9 Å². The van der Waals surface area contributed by atoms with E-state index in [1.165, 1.54) is 11.3 Å². The number of carboxylic acid groups (broad SMARTS) is 1. The van der Waals surface area contributed by atoms with Crippen LogP contribution in [0.4, 0.5) is 0 Å². The Bertz CT molecular complexity index is 323. The zero-order chi connectivity index (χ0) is 10.1. The topological polar surface area (TPSA) is 37.3 Å². The number of carboxylic acids is 1. The monoisotopic (exact) mass is 196 g/mol. The Morgan fingerprint density at radius 3 is 2.62 bits per heavy atom. The lowest BCUT2D eigenvalue weighted by Crippen LogP contribution is -2.24. The summed E-state index contributed by atoms with van der Waals surface area (Å²) in [6.07, 6.45) is 0. The van der Waals surface area contributed by atoms with Crippen LogP contribution < -0.4 is 0 Å². The van der Waals surface area contributed by atoms with Crippen LogP contribution in [-0.2, 0) is 4.79 Å². The van der Waals surface area contributed by atoms with Crippen molar-refractivity contribution in [2.75, 3.05) is 0 Å². The van der Waals surface area contributed by atoms with Crippen molar-refractivity contribution < 1.29 is 9.90 Å². The van der Waals surface area contributed by atoms with Crippen molar-refractivity contribution in [3.05, 3.63) is 29.0 Å². The summed E-state index contributed by atoms with van der Waals surface area (Å²) in [5.74, 6) is -0.842. The summed E-state index contributed by atoms with van der Waals surface area (Å²) in [6.45, 7) is 7.15. The molecule has 0 amide bonds. The molecule has 1 N–H and O–H groups in total. The fourth-order valence-electron chi connectivity index (χ4n) is 0.887. The summed E-state index contributed by atoms with van der Waals surface area (Å²) in [5, 5.41) is 10.9. The van der Waals surface area contributed by atoms with Gasteiger partial charge in [0.15, 0.2) is 0 Å². The summed E-state index contributed by atoms with van der Waals surface area (Å²) in [5.41, 5.74) is -0.222. The molecule has 0 atom stereocenters. The molecule has 0 unspecified atom stereocenters. The Morgan fingerprint density at radius 1 is 1.62 bits per heavy atom. The SMILES string of the molecule is C=C(c1cccs1)C(C)(C)C(=O)O. The van der Waals surface area contributed by atoms with Gasteiger partial charge < -0.3 is 5.11 Å². The van der Waals surface area contributed by atoms with Gasteiger partial charge in [-0.25, -0.2) is 0 Å². The van der Waals surface area contributed by atoms with E-state index >= 15 is 0 Å². The van der Waals surface area contributed by atoms with Gasteiger partial charge in [-0.05, 0) is 30.9 Å². The number of carbonyl (C=O) groups is 1. The summed E-state index contributed by atoms with van der Waals surface area (Å²) in [4.78, 5) is 11.8. The minimum atomic E-state index is -0.884. The number of hydrogen-bond acceptors (Lipinski definition) is 2. The molecule has 0 aliphatic carbocycles. The standard InChI is InChI=1S/C10H12O2S/c1-7(8-5-4-6-13-8)10(2,3)9(11)12/h4-6H,1H2,2-3H3,(H,11,12). The Kier molecular flexibility index (Phi) is 2.57. The van der Waals surface area contributed by atoms with Crippen LogP contribution in [-0.4, -0.2) is 11.1 Å². The lowest BCUT2D eigenvalue weighted by atomic mass is 9.84. The van der Waals surface area contributed by atoms with Gasteiger partial charge in [0.25, 0.3) is 0 Å². The Hall–Kier alpha value is -1.09. The van der Waals surface area contributed by atoms with Crippen LogP contribution in [0.1, 0.15) is 18.7 Å². The average molecular weight is 196 g/mol. The second-order valence-corrected chi connectivity index (χ2v) is 4.33. The van der Waals surface area contributed by atoms with Crippen LogP contribution in [0.25, 0.3) is 5.57 Å². The molecule has 0 bridgehead atoms. The van der Waals surface area contributed by atoms with E-state index in [0.29, 0.717) is 5.57 Å². The normalized spacial score (nSPS) is 11.2. The maximum absolute atomic E-state index is 10.9. The molecular weight excluding hydrogens is 184 g/mol. The van der Waals surface area contributed by atoms with Crippen LogP contribution in [0, 0.1) is 5.41 Å². The number of hydrogen-bond donors (Lipinski definition) is 1. The number of thiophene rings is 1. The Morgan fingerprint density at radius 2 is 2.23 bits per heavy atom. The van der Waals surface area contributed by atoms with Crippen molar-refractivity contribution in [1.29, 1.82) is 0 Å². The van der Waals surface area contributed by atoms with Crippen molar-refractivity contribution in [3.63, 3.8) is 0 Å². The highest BCUT2D eigenvalue weighted by Crippen LogP contribution is 2.35. The average Bonchev–Trinajstić information content (AvgIpc) is 2.54. The highest BCUT2D eigenvalue weighted by Gasteiger charge is 2.31. The molecule has 2 nitrogen and oxygen atoms in total. The van der Waals surface area contributed by atoms with Crippen LogP contribution in [0.3, 0.4) is 0 Å². The van der Waals surface area contributed by atoms with E-state index in [9.17, 15) is 4.79 Å². The molecule has 1 aromatic rings. The zero-order valence-electron chi connectivity index (χ0n) is 7.70. The van der Waals surface area contributed by atoms with Gasteiger partial charge in [0.2, 0.25) is 0 Å². The maximum Gasteiger partial charge on any atom is 0.313 e. The van der Waals surface area contributed by atoms with E-state index in [1.807, 2.05) is 17.5 Å². The van der Waals surface area contributed by atoms with Gasteiger partial charge in [0, 0.05) is 4.88 Å². The molecule has 0 fully saturated rings. The third-order valence-corrected chi connectivity index (χ3v) is 3.04. The van der Waals surface area contributed by atoms with E-state index in [4.69, 9.17) is 5.11 Å². The van der Waals surface area contributed by atoms with Gasteiger partial charge in [0.05, 0.1) is 5.41 Å². The number of rotatable bonds is 3. The molecule has 0 aliphatic rings. The predicted molar refractivity (Wildman–Crippen MR) is 54.8 cm³/mol. The molecule has 70 valence electrons. The van der Waals surface area contributed by atoms with Crippen molar-refractivity contribution in [3.8, 4) is 0 Å². The fourth-order valence-corrected chi connectivity index (χ4v) is 1.75. The molecule has 0 aliphatic heterocycles. The quantitative estimate of drug-likeness (QED) is 0.807. The Balaban J connectivity index is 2.98. The minimum Gasteiger partial charge on any atom is -0.481 e. The molecule has 13 heavy (non-hydrogen) atoms. The van der Waals surface area contributed by atoms with E-state index in [0.717, 1.165) is 4.88 Å². The molecule has 1 rings (SSSR count). The molecule has 0 saturated heterocycles. The second-order valence-electron chi connectivity index (χ2n) is 3.39. The zero-order valence-corrected chi connectivity index (χ0v) is 8.52. The first-order chi connectivity index (χ1) is 5.96. The Labute approximate surface area is 81.5 Å². The highest BCUT2D eigenvalue weighted by molar-refractivity contribution is 7.11. The first kappa shape index (κ1) is 9.99.